The largest absolute Gasteiger partial charge is 0.341 e. The van der Waals surface area contributed by atoms with Crippen molar-refractivity contribution in [2.75, 3.05) is 11.9 Å². The van der Waals surface area contributed by atoms with Gasteiger partial charge in [-0.15, -0.1) is 11.3 Å². The van der Waals surface area contributed by atoms with Gasteiger partial charge in [-0.2, -0.15) is 0 Å². The van der Waals surface area contributed by atoms with E-state index in [-0.39, 0.29) is 5.00 Å². The van der Waals surface area contributed by atoms with Crippen LogP contribution in [0.1, 0.15) is 0 Å². The number of urea groups is 1. The maximum atomic E-state index is 12.7. The molecule has 1 heterocycles. The number of hydrogen-bond acceptors (Lipinski definition) is 2. The summed E-state index contributed by atoms with van der Waals surface area (Å²) in [5.74, 6) is 0. The first kappa shape index (κ1) is 13.5. The smallest absolute Gasteiger partial charge is 0.324 e. The molecular formula is C8H8Cl2F2N2OS. The Hall–Kier alpha value is -0.590. The molecule has 0 aromatic carbocycles. The number of nitrogens with one attached hydrogen (secondary N) is 1. The number of nitrogens with zero attached hydrogens (tertiary/aromatic N) is 1. The number of halogens is 4. The first-order chi connectivity index (χ1) is 7.41. The van der Waals surface area contributed by atoms with Crippen molar-refractivity contribution in [2.45, 2.75) is 10.9 Å². The number of carbonyl (C=O) groups excluding carboxylic acids is 1. The molecular weight excluding hydrogens is 281 g/mol. The molecule has 0 radical (unpaired) electrons. The first-order valence-corrected chi connectivity index (χ1v) is 5.76. The van der Waals surface area contributed by atoms with Gasteiger partial charge in [0.05, 0.1) is 0 Å². The summed E-state index contributed by atoms with van der Waals surface area (Å²) in [4.78, 5) is 12.1. The lowest BCUT2D eigenvalue weighted by atomic mass is 10.5. The Bertz CT molecular complexity index is 359. The Morgan fingerprint density at radius 2 is 2.25 bits per heavy atom. The highest BCUT2D eigenvalue weighted by atomic mass is 35.5. The average Bonchev–Trinajstić information content (AvgIpc) is 2.70. The Balaban J connectivity index is 3.11. The fourth-order valence-electron chi connectivity index (χ4n) is 0.989. The van der Waals surface area contributed by atoms with Gasteiger partial charge in [0.25, 0.3) is 10.9 Å². The summed E-state index contributed by atoms with van der Waals surface area (Å²) in [7, 11) is 1.30. The Kier molecular flexibility index (Phi) is 4.35. The summed E-state index contributed by atoms with van der Waals surface area (Å²) >= 11 is 12.1. The standard InChI is InChI=1S/C8H8Cl2F2N2OS/c1-13-7(15)14(5-3-2-4-16-5)8(9,10)6(11)12/h2-4,6H,1H3,(H,13,15). The third-order valence-corrected chi connectivity index (χ3v) is 3.23. The summed E-state index contributed by atoms with van der Waals surface area (Å²) in [6.45, 7) is 0. The minimum absolute atomic E-state index is 0.240. The molecule has 16 heavy (non-hydrogen) atoms. The minimum Gasteiger partial charge on any atom is -0.341 e. The number of amides is 2. The maximum Gasteiger partial charge on any atom is 0.324 e. The number of hydrogen-bond donors (Lipinski definition) is 1. The van der Waals surface area contributed by atoms with Crippen LogP contribution >= 0.6 is 34.5 Å². The molecule has 0 unspecified atom stereocenters. The van der Waals surface area contributed by atoms with Crippen LogP contribution in [0, 0.1) is 0 Å². The van der Waals surface area contributed by atoms with Gasteiger partial charge in [-0.25, -0.2) is 18.5 Å². The molecule has 0 spiro atoms. The van der Waals surface area contributed by atoms with Gasteiger partial charge in [-0.1, -0.05) is 23.2 Å². The summed E-state index contributed by atoms with van der Waals surface area (Å²) in [5.41, 5.74) is 0. The summed E-state index contributed by atoms with van der Waals surface area (Å²) in [5, 5.41) is 4.07. The summed E-state index contributed by atoms with van der Waals surface area (Å²) in [6, 6.07) is 2.28. The Labute approximate surface area is 105 Å². The van der Waals surface area contributed by atoms with E-state index in [1.165, 1.54) is 13.1 Å². The second kappa shape index (κ2) is 5.16. The molecule has 0 bridgehead atoms. The van der Waals surface area contributed by atoms with E-state index < -0.39 is 16.9 Å². The van der Waals surface area contributed by atoms with E-state index in [4.69, 9.17) is 23.2 Å². The van der Waals surface area contributed by atoms with Gasteiger partial charge in [0.15, 0.2) is 0 Å². The SMILES string of the molecule is CNC(=O)N(c1cccs1)C(Cl)(Cl)C(F)F. The van der Waals surface area contributed by atoms with Crippen molar-refractivity contribution >= 4 is 45.6 Å². The number of thiophene rings is 1. The zero-order valence-corrected chi connectivity index (χ0v) is 10.4. The highest BCUT2D eigenvalue weighted by Gasteiger charge is 2.46. The van der Waals surface area contributed by atoms with Gasteiger partial charge in [0.2, 0.25) is 0 Å². The molecule has 1 rings (SSSR count). The van der Waals surface area contributed by atoms with Crippen molar-refractivity contribution in [1.29, 1.82) is 0 Å². The van der Waals surface area contributed by atoms with Crippen LogP contribution in [0.25, 0.3) is 0 Å². The van der Waals surface area contributed by atoms with Gasteiger partial charge in [-0.3, -0.25) is 0 Å². The second-order valence-electron chi connectivity index (χ2n) is 2.73. The van der Waals surface area contributed by atoms with E-state index in [9.17, 15) is 13.6 Å². The zero-order chi connectivity index (χ0) is 12.3. The summed E-state index contributed by atoms with van der Waals surface area (Å²) < 4.78 is 22.7. The van der Waals surface area contributed by atoms with Crippen LogP contribution < -0.4 is 10.2 Å². The van der Waals surface area contributed by atoms with Crippen molar-refractivity contribution in [2.24, 2.45) is 0 Å². The van der Waals surface area contributed by atoms with Gasteiger partial charge in [0.1, 0.15) is 5.00 Å². The highest BCUT2D eigenvalue weighted by molar-refractivity contribution is 7.14. The van der Waals surface area contributed by atoms with Gasteiger partial charge in [-0.05, 0) is 17.5 Å². The van der Waals surface area contributed by atoms with Crippen molar-refractivity contribution in [3.05, 3.63) is 17.5 Å². The average molecular weight is 289 g/mol. The third kappa shape index (κ3) is 2.56. The molecule has 90 valence electrons. The molecule has 0 fully saturated rings. The molecule has 0 saturated carbocycles. The number of alkyl halides is 4. The van der Waals surface area contributed by atoms with Crippen LogP contribution in [-0.2, 0) is 0 Å². The molecule has 0 aliphatic rings. The topological polar surface area (TPSA) is 32.3 Å². The number of carbonyl (C=O) groups is 1. The van der Waals surface area contributed by atoms with Gasteiger partial charge in [0, 0.05) is 7.05 Å². The van der Waals surface area contributed by atoms with Crippen molar-refractivity contribution in [1.82, 2.24) is 5.32 Å². The maximum absolute atomic E-state index is 12.7. The van der Waals surface area contributed by atoms with Gasteiger partial charge >= 0.3 is 6.03 Å². The molecule has 8 heteroatoms. The predicted octanol–water partition coefficient (Wildman–Crippen LogP) is 3.29. The van der Waals surface area contributed by atoms with Crippen molar-refractivity contribution in [3.63, 3.8) is 0 Å². The normalized spacial score (nSPS) is 11.6. The van der Waals surface area contributed by atoms with Crippen molar-refractivity contribution in [3.8, 4) is 0 Å². The molecule has 0 saturated heterocycles. The third-order valence-electron chi connectivity index (χ3n) is 1.70. The molecule has 0 aliphatic carbocycles. The fourth-order valence-corrected chi connectivity index (χ4v) is 2.21. The first-order valence-electron chi connectivity index (χ1n) is 4.12. The number of rotatable bonds is 3. The van der Waals surface area contributed by atoms with E-state index in [2.05, 4.69) is 5.32 Å². The minimum atomic E-state index is -3.09. The van der Waals surface area contributed by atoms with Crippen LogP contribution in [0.4, 0.5) is 18.6 Å². The van der Waals surface area contributed by atoms with Crippen LogP contribution in [-0.4, -0.2) is 24.0 Å². The van der Waals surface area contributed by atoms with E-state index in [0.717, 1.165) is 11.3 Å². The van der Waals surface area contributed by atoms with Crippen LogP contribution in [0.3, 0.4) is 0 Å². The van der Waals surface area contributed by atoms with Crippen molar-refractivity contribution < 1.29 is 13.6 Å². The van der Waals surface area contributed by atoms with Crippen LogP contribution in [0.2, 0.25) is 0 Å². The molecule has 0 atom stereocenters. The van der Waals surface area contributed by atoms with Crippen LogP contribution in [0.5, 0.6) is 0 Å². The van der Waals surface area contributed by atoms with E-state index in [0.29, 0.717) is 4.90 Å². The Morgan fingerprint density at radius 1 is 1.62 bits per heavy atom. The van der Waals surface area contributed by atoms with E-state index in [1.54, 1.807) is 11.4 Å². The molecule has 1 aromatic heterocycles. The summed E-state index contributed by atoms with van der Waals surface area (Å²) in [6.07, 6.45) is -3.09. The lowest BCUT2D eigenvalue weighted by Crippen LogP contribution is -2.52. The van der Waals surface area contributed by atoms with Gasteiger partial charge < -0.3 is 5.32 Å². The highest BCUT2D eigenvalue weighted by Crippen LogP contribution is 2.38. The Morgan fingerprint density at radius 3 is 2.62 bits per heavy atom. The lowest BCUT2D eigenvalue weighted by Gasteiger charge is -2.31. The molecule has 1 aromatic rings. The van der Waals surface area contributed by atoms with E-state index in [1.807, 2.05) is 0 Å². The molecule has 2 amide bonds. The molecule has 3 nitrogen and oxygen atoms in total. The second-order valence-corrected chi connectivity index (χ2v) is 5.00. The van der Waals surface area contributed by atoms with Crippen LogP contribution in [0.15, 0.2) is 17.5 Å². The lowest BCUT2D eigenvalue weighted by molar-refractivity contribution is 0.126. The fraction of sp³-hybridized carbons (Fsp3) is 0.375. The number of anilines is 1. The zero-order valence-electron chi connectivity index (χ0n) is 8.08. The quantitative estimate of drug-likeness (QED) is 0.672. The molecule has 1 N–H and O–H groups in total. The monoisotopic (exact) mass is 288 g/mol. The van der Waals surface area contributed by atoms with E-state index >= 15 is 0 Å². The predicted molar refractivity (Wildman–Crippen MR) is 61.7 cm³/mol. The molecule has 0 aliphatic heterocycles.